The third kappa shape index (κ3) is 2.64. The van der Waals surface area contributed by atoms with Gasteiger partial charge >= 0.3 is 12.2 Å². The number of hydrogen-bond donors (Lipinski definition) is 1. The highest BCUT2D eigenvalue weighted by Crippen LogP contribution is 2.48. The van der Waals surface area contributed by atoms with Crippen molar-refractivity contribution in [2.75, 3.05) is 13.6 Å². The van der Waals surface area contributed by atoms with E-state index in [1.807, 2.05) is 0 Å². The topological polar surface area (TPSA) is 30.5 Å². The zero-order chi connectivity index (χ0) is 14.3. The molecule has 0 amide bonds. The molecule has 0 spiro atoms. The monoisotopic (exact) mass is 343 g/mol. The Balaban J connectivity index is 2.37. The van der Waals surface area contributed by atoms with Gasteiger partial charge in [-0.25, -0.2) is 0 Å². The predicted molar refractivity (Wildman–Crippen MR) is 62.9 cm³/mol. The molecule has 0 aliphatic carbocycles. The average Bonchev–Trinajstić information content (AvgIpc) is 2.28. The Labute approximate surface area is 115 Å². The van der Waals surface area contributed by atoms with E-state index in [1.165, 1.54) is 12.1 Å². The lowest BCUT2D eigenvalue weighted by atomic mass is 10.1. The highest BCUT2D eigenvalue weighted by molar-refractivity contribution is 9.10. The molecule has 1 aliphatic rings. The van der Waals surface area contributed by atoms with E-state index in [-0.39, 0.29) is 0 Å². The molecule has 0 saturated heterocycles. The summed E-state index contributed by atoms with van der Waals surface area (Å²) in [6.07, 6.45) is -8.85. The average molecular weight is 344 g/mol. The Bertz CT molecular complexity index is 496. The molecular weight excluding hydrogens is 334 g/mol. The van der Waals surface area contributed by atoms with Crippen molar-refractivity contribution in [3.8, 4) is 11.5 Å². The number of likely N-dealkylation sites (N-methyl/N-ethyl adjacent to an activating group) is 1. The van der Waals surface area contributed by atoms with Gasteiger partial charge in [-0.3, -0.25) is 0 Å². The molecule has 1 N–H and O–H groups in total. The molecule has 0 unspecified atom stereocenters. The Morgan fingerprint density at radius 2 is 1.63 bits per heavy atom. The van der Waals surface area contributed by atoms with Crippen molar-refractivity contribution in [3.63, 3.8) is 0 Å². The van der Waals surface area contributed by atoms with Crippen LogP contribution in [0.2, 0.25) is 0 Å². The summed E-state index contributed by atoms with van der Waals surface area (Å²) in [6, 6.07) is 2.46. The number of benzene rings is 1. The Hall–Kier alpha value is -1.02. The number of halogens is 5. The van der Waals surface area contributed by atoms with Crippen molar-refractivity contribution in [3.05, 3.63) is 22.2 Å². The number of hydrogen-bond acceptors (Lipinski definition) is 3. The van der Waals surface area contributed by atoms with E-state index in [4.69, 9.17) is 0 Å². The van der Waals surface area contributed by atoms with Crippen LogP contribution in [0.1, 0.15) is 5.56 Å². The molecular formula is C11H10BrF4NO2. The summed E-state index contributed by atoms with van der Waals surface area (Å²) in [4.78, 5) is 0. The lowest BCUT2D eigenvalue weighted by Gasteiger charge is -2.32. The number of nitrogens with one attached hydrogen (secondary N) is 1. The van der Waals surface area contributed by atoms with Crippen molar-refractivity contribution in [2.45, 2.75) is 18.6 Å². The summed E-state index contributed by atoms with van der Waals surface area (Å²) in [6.45, 7) is 0.602. The molecule has 0 aromatic heterocycles. The van der Waals surface area contributed by atoms with Gasteiger partial charge in [-0.2, -0.15) is 17.6 Å². The minimum Gasteiger partial charge on any atom is -0.421 e. The van der Waals surface area contributed by atoms with E-state index in [1.54, 1.807) is 7.05 Å². The van der Waals surface area contributed by atoms with E-state index >= 15 is 0 Å². The van der Waals surface area contributed by atoms with Gasteiger partial charge in [0.25, 0.3) is 0 Å². The van der Waals surface area contributed by atoms with Crippen molar-refractivity contribution < 1.29 is 27.0 Å². The van der Waals surface area contributed by atoms with Crippen LogP contribution in [0, 0.1) is 0 Å². The maximum Gasteiger partial charge on any atom is 0.507 e. The summed E-state index contributed by atoms with van der Waals surface area (Å²) in [5, 5.41) is 2.89. The molecule has 19 heavy (non-hydrogen) atoms. The largest absolute Gasteiger partial charge is 0.507 e. The fourth-order valence-corrected chi connectivity index (χ4v) is 2.10. The summed E-state index contributed by atoms with van der Waals surface area (Å²) in [5.74, 6) is -0.818. The van der Waals surface area contributed by atoms with Crippen LogP contribution >= 0.6 is 15.9 Å². The standard InChI is InChI=1S/C11H10BrF4NO2/c1-17-3-2-6-4-8-9(5-7(6)12)19-11(15,16)10(13,14)18-8/h4-5,17H,2-3H2,1H3. The quantitative estimate of drug-likeness (QED) is 0.855. The first-order valence-electron chi connectivity index (χ1n) is 5.37. The summed E-state index contributed by atoms with van der Waals surface area (Å²) in [7, 11) is 1.74. The maximum atomic E-state index is 13.0. The molecule has 0 atom stereocenters. The fraction of sp³-hybridized carbons (Fsp3) is 0.455. The molecule has 0 radical (unpaired) electrons. The minimum absolute atomic E-state index is 0.398. The van der Waals surface area contributed by atoms with Gasteiger partial charge in [0, 0.05) is 4.47 Å². The first-order valence-corrected chi connectivity index (χ1v) is 6.17. The van der Waals surface area contributed by atoms with Crippen LogP contribution in [-0.4, -0.2) is 25.8 Å². The molecule has 2 rings (SSSR count). The molecule has 1 heterocycles. The summed E-state index contributed by atoms with van der Waals surface area (Å²) >= 11 is 3.18. The van der Waals surface area contributed by atoms with Gasteiger partial charge < -0.3 is 14.8 Å². The van der Waals surface area contributed by atoms with Crippen LogP contribution in [0.3, 0.4) is 0 Å². The summed E-state index contributed by atoms with van der Waals surface area (Å²) in [5.41, 5.74) is 0.651. The maximum absolute atomic E-state index is 13.0. The van der Waals surface area contributed by atoms with Gasteiger partial charge in [0.2, 0.25) is 0 Å². The van der Waals surface area contributed by atoms with Crippen LogP contribution in [-0.2, 0) is 6.42 Å². The molecule has 106 valence electrons. The van der Waals surface area contributed by atoms with Crippen molar-refractivity contribution in [1.29, 1.82) is 0 Å². The fourth-order valence-electron chi connectivity index (χ4n) is 1.58. The van der Waals surface area contributed by atoms with E-state index < -0.39 is 23.7 Å². The Morgan fingerprint density at radius 3 is 2.16 bits per heavy atom. The SMILES string of the molecule is CNCCc1cc2c(cc1Br)OC(F)(F)C(F)(F)O2. The van der Waals surface area contributed by atoms with Crippen LogP contribution in [0.25, 0.3) is 0 Å². The van der Waals surface area contributed by atoms with Gasteiger partial charge in [-0.1, -0.05) is 15.9 Å². The second kappa shape index (κ2) is 4.82. The molecule has 8 heteroatoms. The predicted octanol–water partition coefficient (Wildman–Crippen LogP) is 3.17. The van der Waals surface area contributed by atoms with Gasteiger partial charge in [0.15, 0.2) is 11.5 Å². The number of ether oxygens (including phenoxy) is 2. The second-order valence-corrected chi connectivity index (χ2v) is 4.84. The smallest absolute Gasteiger partial charge is 0.421 e. The van der Waals surface area contributed by atoms with Gasteiger partial charge in [0.1, 0.15) is 0 Å². The molecule has 1 aromatic rings. The van der Waals surface area contributed by atoms with Gasteiger partial charge in [-0.15, -0.1) is 0 Å². The van der Waals surface area contributed by atoms with E-state index in [0.717, 1.165) is 0 Å². The normalized spacial score (nSPS) is 19.3. The molecule has 0 bridgehead atoms. The van der Waals surface area contributed by atoms with Crippen LogP contribution in [0.15, 0.2) is 16.6 Å². The van der Waals surface area contributed by atoms with E-state index in [0.29, 0.717) is 23.0 Å². The first kappa shape index (κ1) is 14.4. The van der Waals surface area contributed by atoms with Gasteiger partial charge in [-0.05, 0) is 37.7 Å². The minimum atomic E-state index is -4.69. The molecule has 0 saturated carbocycles. The first-order chi connectivity index (χ1) is 8.77. The molecule has 3 nitrogen and oxygen atoms in total. The zero-order valence-corrected chi connectivity index (χ0v) is 11.4. The van der Waals surface area contributed by atoms with Crippen LogP contribution in [0.5, 0.6) is 11.5 Å². The number of fused-ring (bicyclic) bond motifs is 1. The molecule has 1 aliphatic heterocycles. The third-order valence-electron chi connectivity index (χ3n) is 2.57. The van der Waals surface area contributed by atoms with Crippen LogP contribution < -0.4 is 14.8 Å². The summed E-state index contributed by atoms with van der Waals surface area (Å²) < 4.78 is 60.6. The van der Waals surface area contributed by atoms with E-state index in [9.17, 15) is 17.6 Å². The third-order valence-corrected chi connectivity index (χ3v) is 3.31. The van der Waals surface area contributed by atoms with E-state index in [2.05, 4.69) is 30.7 Å². The number of rotatable bonds is 3. The van der Waals surface area contributed by atoms with Gasteiger partial charge in [0.05, 0.1) is 0 Å². The van der Waals surface area contributed by atoms with Crippen LogP contribution in [0.4, 0.5) is 17.6 Å². The molecule has 0 fully saturated rings. The highest BCUT2D eigenvalue weighted by Gasteiger charge is 2.65. The second-order valence-electron chi connectivity index (χ2n) is 3.98. The Morgan fingerprint density at radius 1 is 1.11 bits per heavy atom. The molecule has 1 aromatic carbocycles. The van der Waals surface area contributed by atoms with Crippen molar-refractivity contribution in [1.82, 2.24) is 5.32 Å². The zero-order valence-electron chi connectivity index (χ0n) is 9.78. The van der Waals surface area contributed by atoms with Crippen molar-refractivity contribution >= 4 is 15.9 Å². The Kier molecular flexibility index (Phi) is 3.65. The lowest BCUT2D eigenvalue weighted by molar-refractivity contribution is -0.391. The number of alkyl halides is 4. The van der Waals surface area contributed by atoms with Crippen molar-refractivity contribution in [2.24, 2.45) is 0 Å². The lowest BCUT2D eigenvalue weighted by Crippen LogP contribution is -2.52. The highest BCUT2D eigenvalue weighted by atomic mass is 79.9.